The smallest absolute Gasteiger partial charge is 0.264 e. The van der Waals surface area contributed by atoms with Crippen LogP contribution in [-0.2, 0) is 16.1 Å². The molecule has 1 atom stereocenters. The molecule has 3 aromatic rings. The molecule has 2 aromatic heterocycles. The minimum absolute atomic E-state index is 0.0419. The average molecular weight is 371 g/mol. The van der Waals surface area contributed by atoms with Crippen molar-refractivity contribution in [3.8, 4) is 5.69 Å². The van der Waals surface area contributed by atoms with E-state index in [9.17, 15) is 14.0 Å². The second-order valence-corrected chi connectivity index (χ2v) is 6.39. The van der Waals surface area contributed by atoms with Crippen LogP contribution < -0.4 is 10.9 Å². The van der Waals surface area contributed by atoms with Gasteiger partial charge in [-0.05, 0) is 37.1 Å². The van der Waals surface area contributed by atoms with Crippen molar-refractivity contribution in [1.82, 2.24) is 24.6 Å². The zero-order valence-corrected chi connectivity index (χ0v) is 14.5. The van der Waals surface area contributed by atoms with Gasteiger partial charge in [-0.3, -0.25) is 14.2 Å². The molecule has 1 saturated heterocycles. The molecule has 0 saturated carbocycles. The number of hydrogen-bond donors (Lipinski definition) is 1. The zero-order chi connectivity index (χ0) is 18.8. The lowest BCUT2D eigenvalue weighted by molar-refractivity contribution is -0.122. The Hall–Kier alpha value is -3.07. The SMILES string of the molecule is O=C(Cn1cnc2c(cnn2-c2ccc(F)cc2)c1=O)NC[C@H]1CCCO1. The first-order chi connectivity index (χ1) is 13.1. The maximum atomic E-state index is 13.1. The summed E-state index contributed by atoms with van der Waals surface area (Å²) in [7, 11) is 0. The van der Waals surface area contributed by atoms with Gasteiger partial charge in [0.05, 0.1) is 18.0 Å². The van der Waals surface area contributed by atoms with Crippen LogP contribution in [0.3, 0.4) is 0 Å². The van der Waals surface area contributed by atoms with Crippen LogP contribution in [0.2, 0.25) is 0 Å². The molecule has 3 heterocycles. The predicted octanol–water partition coefficient (Wildman–Crippen LogP) is 1.02. The minimum Gasteiger partial charge on any atom is -0.376 e. The molecule has 0 unspecified atom stereocenters. The van der Waals surface area contributed by atoms with Gasteiger partial charge in [0.15, 0.2) is 5.65 Å². The highest BCUT2D eigenvalue weighted by Crippen LogP contribution is 2.14. The summed E-state index contributed by atoms with van der Waals surface area (Å²) in [6, 6.07) is 5.71. The van der Waals surface area contributed by atoms with Gasteiger partial charge in [-0.2, -0.15) is 5.10 Å². The third kappa shape index (κ3) is 3.59. The van der Waals surface area contributed by atoms with E-state index >= 15 is 0 Å². The van der Waals surface area contributed by atoms with Gasteiger partial charge in [-0.15, -0.1) is 0 Å². The Bertz CT molecular complexity index is 1020. The van der Waals surface area contributed by atoms with Gasteiger partial charge in [-0.1, -0.05) is 0 Å². The number of halogens is 1. The summed E-state index contributed by atoms with van der Waals surface area (Å²) in [6.45, 7) is 1.03. The standard InChI is InChI=1S/C18H18FN5O3/c19-12-3-5-13(6-4-12)24-17-15(9-22-24)18(26)23(11-21-17)10-16(25)20-8-14-2-1-7-27-14/h3-6,9,11,14H,1-2,7-8,10H2,(H,20,25)/t14-/m1/s1. The van der Waals surface area contributed by atoms with E-state index in [4.69, 9.17) is 4.74 Å². The molecule has 1 aromatic carbocycles. The van der Waals surface area contributed by atoms with E-state index in [-0.39, 0.29) is 35.3 Å². The number of benzene rings is 1. The molecule has 1 fully saturated rings. The summed E-state index contributed by atoms with van der Waals surface area (Å²) in [6.07, 6.45) is 4.68. The summed E-state index contributed by atoms with van der Waals surface area (Å²) >= 11 is 0. The predicted molar refractivity (Wildman–Crippen MR) is 95.1 cm³/mol. The number of rotatable bonds is 5. The number of nitrogens with zero attached hydrogens (tertiary/aromatic N) is 4. The highest BCUT2D eigenvalue weighted by Gasteiger charge is 2.17. The summed E-state index contributed by atoms with van der Waals surface area (Å²) in [5.41, 5.74) is 0.577. The van der Waals surface area contributed by atoms with Gasteiger partial charge in [0.2, 0.25) is 5.91 Å². The largest absolute Gasteiger partial charge is 0.376 e. The third-order valence-electron chi connectivity index (χ3n) is 4.49. The Kier molecular flexibility index (Phi) is 4.68. The zero-order valence-electron chi connectivity index (χ0n) is 14.5. The maximum absolute atomic E-state index is 13.1. The fourth-order valence-electron chi connectivity index (χ4n) is 3.08. The molecule has 0 spiro atoms. The van der Waals surface area contributed by atoms with Crippen molar-refractivity contribution in [3.63, 3.8) is 0 Å². The van der Waals surface area contributed by atoms with Gasteiger partial charge in [-0.25, -0.2) is 14.1 Å². The van der Waals surface area contributed by atoms with E-state index in [1.165, 1.54) is 33.9 Å². The first-order valence-electron chi connectivity index (χ1n) is 8.69. The number of carbonyl (C=O) groups excluding carboxylic acids is 1. The van der Waals surface area contributed by atoms with Crippen LogP contribution in [0.15, 0.2) is 41.6 Å². The van der Waals surface area contributed by atoms with Gasteiger partial charge >= 0.3 is 0 Å². The Morgan fingerprint density at radius 1 is 1.33 bits per heavy atom. The van der Waals surface area contributed by atoms with E-state index in [1.807, 2.05) is 0 Å². The summed E-state index contributed by atoms with van der Waals surface area (Å²) in [5.74, 6) is -0.640. The van der Waals surface area contributed by atoms with E-state index in [0.29, 0.717) is 17.9 Å². The molecule has 140 valence electrons. The quantitative estimate of drug-likeness (QED) is 0.723. The van der Waals surface area contributed by atoms with E-state index in [0.717, 1.165) is 19.4 Å². The average Bonchev–Trinajstić information content (AvgIpc) is 3.33. The van der Waals surface area contributed by atoms with Crippen molar-refractivity contribution in [2.45, 2.75) is 25.5 Å². The first kappa shape index (κ1) is 17.3. The van der Waals surface area contributed by atoms with Gasteiger partial charge < -0.3 is 10.1 Å². The van der Waals surface area contributed by atoms with E-state index < -0.39 is 0 Å². The molecule has 27 heavy (non-hydrogen) atoms. The number of nitrogens with one attached hydrogen (secondary N) is 1. The molecule has 0 bridgehead atoms. The maximum Gasteiger partial charge on any atom is 0.264 e. The highest BCUT2D eigenvalue weighted by atomic mass is 19.1. The molecule has 0 aliphatic carbocycles. The Morgan fingerprint density at radius 2 is 2.15 bits per heavy atom. The van der Waals surface area contributed by atoms with Crippen LogP contribution in [0.4, 0.5) is 4.39 Å². The monoisotopic (exact) mass is 371 g/mol. The number of hydrogen-bond acceptors (Lipinski definition) is 5. The van der Waals surface area contributed by atoms with E-state index in [2.05, 4.69) is 15.4 Å². The number of ether oxygens (including phenoxy) is 1. The van der Waals surface area contributed by atoms with Crippen molar-refractivity contribution in [2.75, 3.05) is 13.2 Å². The van der Waals surface area contributed by atoms with Crippen molar-refractivity contribution in [1.29, 1.82) is 0 Å². The topological polar surface area (TPSA) is 91.0 Å². The molecule has 0 radical (unpaired) electrons. The summed E-state index contributed by atoms with van der Waals surface area (Å²) in [4.78, 5) is 29.0. The second-order valence-electron chi connectivity index (χ2n) is 6.39. The van der Waals surface area contributed by atoms with Crippen LogP contribution >= 0.6 is 0 Å². The van der Waals surface area contributed by atoms with Gasteiger partial charge in [0.1, 0.15) is 24.1 Å². The lowest BCUT2D eigenvalue weighted by Crippen LogP contribution is -2.36. The fraction of sp³-hybridized carbons (Fsp3) is 0.333. The molecular formula is C18H18FN5O3. The Morgan fingerprint density at radius 3 is 2.89 bits per heavy atom. The number of aromatic nitrogens is 4. The Balaban J connectivity index is 1.53. The third-order valence-corrected chi connectivity index (χ3v) is 4.49. The second kappa shape index (κ2) is 7.28. The molecule has 1 N–H and O–H groups in total. The van der Waals surface area contributed by atoms with Crippen LogP contribution in [-0.4, -0.2) is 44.5 Å². The number of fused-ring (bicyclic) bond motifs is 1. The summed E-state index contributed by atoms with van der Waals surface area (Å²) < 4.78 is 21.3. The molecule has 4 rings (SSSR count). The van der Waals surface area contributed by atoms with Crippen molar-refractivity contribution < 1.29 is 13.9 Å². The summed E-state index contributed by atoms with van der Waals surface area (Å²) in [5, 5.41) is 7.23. The molecular weight excluding hydrogens is 353 g/mol. The highest BCUT2D eigenvalue weighted by molar-refractivity contribution is 5.77. The van der Waals surface area contributed by atoms with Crippen molar-refractivity contribution in [2.24, 2.45) is 0 Å². The molecule has 1 aliphatic heterocycles. The molecule has 1 aliphatic rings. The first-order valence-corrected chi connectivity index (χ1v) is 8.69. The number of amides is 1. The van der Waals surface area contributed by atoms with Crippen molar-refractivity contribution >= 4 is 16.9 Å². The number of carbonyl (C=O) groups is 1. The van der Waals surface area contributed by atoms with Gasteiger partial charge in [0, 0.05) is 13.2 Å². The lowest BCUT2D eigenvalue weighted by atomic mass is 10.2. The molecule has 1 amide bonds. The normalized spacial score (nSPS) is 16.7. The van der Waals surface area contributed by atoms with Crippen LogP contribution in [0, 0.1) is 5.82 Å². The van der Waals surface area contributed by atoms with E-state index in [1.54, 1.807) is 12.1 Å². The lowest BCUT2D eigenvalue weighted by Gasteiger charge is -2.11. The van der Waals surface area contributed by atoms with Crippen LogP contribution in [0.1, 0.15) is 12.8 Å². The molecule has 9 heteroatoms. The van der Waals surface area contributed by atoms with Crippen LogP contribution in [0.25, 0.3) is 16.7 Å². The fourth-order valence-corrected chi connectivity index (χ4v) is 3.08. The van der Waals surface area contributed by atoms with Gasteiger partial charge in [0.25, 0.3) is 5.56 Å². The van der Waals surface area contributed by atoms with Crippen molar-refractivity contribution in [3.05, 3.63) is 53.0 Å². The molecule has 8 nitrogen and oxygen atoms in total. The van der Waals surface area contributed by atoms with Crippen LogP contribution in [0.5, 0.6) is 0 Å². The minimum atomic E-state index is -0.362. The Labute approximate surface area is 153 Å².